The number of carboxylic acids is 1. The number of hydrogen-bond acceptors (Lipinski definition) is 3. The largest absolute Gasteiger partial charge is 0.480 e. The lowest BCUT2D eigenvalue weighted by atomic mass is 10.2. The zero-order valence-electron chi connectivity index (χ0n) is 11.5. The molecule has 4 nitrogen and oxygen atoms in total. The molecule has 1 aliphatic rings. The van der Waals surface area contributed by atoms with Crippen LogP contribution in [-0.2, 0) is 9.59 Å². The average Bonchev–Trinajstić information content (AvgIpc) is 3.04. The predicted octanol–water partition coefficient (Wildman–Crippen LogP) is 2.93. The van der Waals surface area contributed by atoms with E-state index >= 15 is 0 Å². The van der Waals surface area contributed by atoms with Crippen molar-refractivity contribution in [3.8, 4) is 0 Å². The van der Waals surface area contributed by atoms with Gasteiger partial charge in [-0.05, 0) is 42.9 Å². The van der Waals surface area contributed by atoms with Crippen molar-refractivity contribution in [2.75, 3.05) is 6.54 Å². The summed E-state index contributed by atoms with van der Waals surface area (Å²) in [6.07, 6.45) is 7.24. The third-order valence-electron chi connectivity index (χ3n) is 3.63. The number of aliphatic carboxylic acids is 1. The van der Waals surface area contributed by atoms with Gasteiger partial charge in [0.05, 0.1) is 0 Å². The molecule has 1 amide bonds. The third-order valence-corrected chi connectivity index (χ3v) is 4.62. The van der Waals surface area contributed by atoms with E-state index in [0.717, 1.165) is 36.1 Å². The Morgan fingerprint density at radius 1 is 1.45 bits per heavy atom. The molecule has 2 rings (SSSR count). The van der Waals surface area contributed by atoms with E-state index in [4.69, 9.17) is 5.11 Å². The van der Waals surface area contributed by atoms with Crippen LogP contribution >= 0.6 is 11.3 Å². The molecule has 1 fully saturated rings. The maximum Gasteiger partial charge on any atom is 0.323 e. The van der Waals surface area contributed by atoms with Gasteiger partial charge in [-0.25, -0.2) is 0 Å². The van der Waals surface area contributed by atoms with Crippen LogP contribution in [0.15, 0.2) is 17.5 Å². The van der Waals surface area contributed by atoms with Gasteiger partial charge < -0.3 is 10.0 Å². The molecule has 1 aromatic heterocycles. The highest BCUT2D eigenvalue weighted by Crippen LogP contribution is 2.24. The Morgan fingerprint density at radius 3 is 2.70 bits per heavy atom. The van der Waals surface area contributed by atoms with Crippen molar-refractivity contribution in [2.24, 2.45) is 0 Å². The van der Waals surface area contributed by atoms with Gasteiger partial charge in [0.15, 0.2) is 0 Å². The number of rotatable bonds is 5. The summed E-state index contributed by atoms with van der Waals surface area (Å²) in [5, 5.41) is 11.0. The number of carboxylic acid groups (broad SMARTS) is 1. The van der Waals surface area contributed by atoms with Gasteiger partial charge >= 0.3 is 5.97 Å². The van der Waals surface area contributed by atoms with Gasteiger partial charge in [0.1, 0.15) is 6.54 Å². The lowest BCUT2D eigenvalue weighted by molar-refractivity contribution is -0.144. The highest BCUT2D eigenvalue weighted by Gasteiger charge is 2.26. The first-order valence-electron chi connectivity index (χ1n) is 6.82. The molecule has 0 bridgehead atoms. The monoisotopic (exact) mass is 293 g/mol. The van der Waals surface area contributed by atoms with E-state index in [1.165, 1.54) is 11.0 Å². The minimum absolute atomic E-state index is 0.0766. The van der Waals surface area contributed by atoms with Crippen LogP contribution in [0.25, 0.3) is 6.08 Å². The minimum Gasteiger partial charge on any atom is -0.480 e. The van der Waals surface area contributed by atoms with Crippen LogP contribution < -0.4 is 0 Å². The summed E-state index contributed by atoms with van der Waals surface area (Å²) in [6, 6.07) is 2.08. The Bertz CT molecular complexity index is 515. The van der Waals surface area contributed by atoms with Gasteiger partial charge in [-0.2, -0.15) is 0 Å². The van der Waals surface area contributed by atoms with E-state index in [9.17, 15) is 9.59 Å². The van der Waals surface area contributed by atoms with Crippen LogP contribution in [0.1, 0.15) is 36.1 Å². The van der Waals surface area contributed by atoms with Crippen molar-refractivity contribution in [3.63, 3.8) is 0 Å². The van der Waals surface area contributed by atoms with Crippen molar-refractivity contribution in [2.45, 2.75) is 38.6 Å². The molecule has 0 spiro atoms. The highest BCUT2D eigenvalue weighted by atomic mass is 32.1. The lowest BCUT2D eigenvalue weighted by Crippen LogP contribution is -2.41. The van der Waals surface area contributed by atoms with Crippen LogP contribution in [0.5, 0.6) is 0 Å². The molecule has 0 unspecified atom stereocenters. The Morgan fingerprint density at radius 2 is 2.15 bits per heavy atom. The van der Waals surface area contributed by atoms with E-state index in [1.54, 1.807) is 17.4 Å². The molecule has 0 radical (unpaired) electrons. The molecule has 108 valence electrons. The number of carbonyl (C=O) groups excluding carboxylic acids is 1. The quantitative estimate of drug-likeness (QED) is 0.849. The smallest absolute Gasteiger partial charge is 0.323 e. The molecular formula is C15H19NO3S. The molecule has 0 aromatic carbocycles. The SMILES string of the molecule is Cc1ccsc1/C=C/C(=O)N(CC(=O)O)C1CCCC1. The summed E-state index contributed by atoms with van der Waals surface area (Å²) in [4.78, 5) is 25.7. The summed E-state index contributed by atoms with van der Waals surface area (Å²) in [5.74, 6) is -1.15. The maximum atomic E-state index is 12.3. The Balaban J connectivity index is 2.07. The van der Waals surface area contributed by atoms with Gasteiger partial charge in [0.25, 0.3) is 0 Å². The summed E-state index contributed by atoms with van der Waals surface area (Å²) in [7, 11) is 0. The van der Waals surface area contributed by atoms with Crippen molar-refractivity contribution in [3.05, 3.63) is 28.0 Å². The fraction of sp³-hybridized carbons (Fsp3) is 0.467. The van der Waals surface area contributed by atoms with Crippen LogP contribution in [0, 0.1) is 6.92 Å². The normalized spacial score (nSPS) is 15.8. The second-order valence-electron chi connectivity index (χ2n) is 5.10. The van der Waals surface area contributed by atoms with Crippen molar-refractivity contribution in [1.82, 2.24) is 4.90 Å². The fourth-order valence-electron chi connectivity index (χ4n) is 2.55. The zero-order valence-corrected chi connectivity index (χ0v) is 12.4. The molecule has 0 saturated heterocycles. The molecule has 0 atom stereocenters. The molecule has 20 heavy (non-hydrogen) atoms. The van der Waals surface area contributed by atoms with Gasteiger partial charge in [-0.1, -0.05) is 12.8 Å². The van der Waals surface area contributed by atoms with Crippen LogP contribution in [-0.4, -0.2) is 34.5 Å². The van der Waals surface area contributed by atoms with E-state index in [1.807, 2.05) is 18.4 Å². The number of amides is 1. The number of nitrogens with zero attached hydrogens (tertiary/aromatic N) is 1. The summed E-state index contributed by atoms with van der Waals surface area (Å²) in [5.41, 5.74) is 1.13. The van der Waals surface area contributed by atoms with Crippen molar-refractivity contribution in [1.29, 1.82) is 0 Å². The van der Waals surface area contributed by atoms with E-state index in [0.29, 0.717) is 0 Å². The van der Waals surface area contributed by atoms with E-state index in [2.05, 4.69) is 0 Å². The topological polar surface area (TPSA) is 57.6 Å². The number of carbonyl (C=O) groups is 2. The Kier molecular flexibility index (Phi) is 4.95. The zero-order chi connectivity index (χ0) is 14.5. The molecule has 1 saturated carbocycles. The molecule has 1 heterocycles. The fourth-order valence-corrected chi connectivity index (χ4v) is 3.37. The second kappa shape index (κ2) is 6.70. The van der Waals surface area contributed by atoms with Crippen LogP contribution in [0.4, 0.5) is 0 Å². The van der Waals surface area contributed by atoms with Crippen LogP contribution in [0.3, 0.4) is 0 Å². The van der Waals surface area contributed by atoms with Crippen molar-refractivity contribution < 1.29 is 14.7 Å². The van der Waals surface area contributed by atoms with E-state index in [-0.39, 0.29) is 18.5 Å². The number of aryl methyl sites for hydroxylation is 1. The lowest BCUT2D eigenvalue weighted by Gasteiger charge is -2.26. The maximum absolute atomic E-state index is 12.3. The number of hydrogen-bond donors (Lipinski definition) is 1. The van der Waals surface area contributed by atoms with Crippen molar-refractivity contribution >= 4 is 29.3 Å². The van der Waals surface area contributed by atoms with Gasteiger partial charge in [0.2, 0.25) is 5.91 Å². The molecule has 1 N–H and O–H groups in total. The highest BCUT2D eigenvalue weighted by molar-refractivity contribution is 7.11. The summed E-state index contributed by atoms with van der Waals surface area (Å²) < 4.78 is 0. The van der Waals surface area contributed by atoms with Gasteiger partial charge in [0, 0.05) is 17.0 Å². The average molecular weight is 293 g/mol. The Labute approximate surface area is 122 Å². The van der Waals surface area contributed by atoms with Gasteiger partial charge in [-0.3, -0.25) is 9.59 Å². The molecule has 0 aliphatic heterocycles. The summed E-state index contributed by atoms with van der Waals surface area (Å²) >= 11 is 1.58. The molecule has 1 aromatic rings. The molecular weight excluding hydrogens is 274 g/mol. The van der Waals surface area contributed by atoms with Gasteiger partial charge in [-0.15, -0.1) is 11.3 Å². The molecule has 1 aliphatic carbocycles. The minimum atomic E-state index is -0.953. The first kappa shape index (κ1) is 14.8. The second-order valence-corrected chi connectivity index (χ2v) is 6.05. The third kappa shape index (κ3) is 3.70. The first-order valence-corrected chi connectivity index (χ1v) is 7.70. The predicted molar refractivity (Wildman–Crippen MR) is 79.7 cm³/mol. The number of thiophene rings is 1. The van der Waals surface area contributed by atoms with Crippen LogP contribution in [0.2, 0.25) is 0 Å². The molecule has 5 heteroatoms. The summed E-state index contributed by atoms with van der Waals surface area (Å²) in [6.45, 7) is 1.78. The Hall–Kier alpha value is -1.62. The first-order chi connectivity index (χ1) is 9.58. The standard InChI is InChI=1S/C15H19NO3S/c1-11-8-9-20-13(11)6-7-14(17)16(10-15(18)19)12-4-2-3-5-12/h6-9,12H,2-5,10H2,1H3,(H,18,19)/b7-6+. The van der Waals surface area contributed by atoms with E-state index < -0.39 is 5.97 Å².